The highest BCUT2D eigenvalue weighted by molar-refractivity contribution is 5.92. The molecule has 124 valence electrons. The lowest BCUT2D eigenvalue weighted by molar-refractivity contribution is 0.0778. The molecule has 0 aliphatic rings. The Morgan fingerprint density at radius 3 is 2.92 bits per heavy atom. The number of nitrogens with zero attached hydrogens (tertiary/aromatic N) is 3. The molecule has 1 aromatic carbocycles. The molecule has 0 saturated carbocycles. The smallest absolute Gasteiger partial charge is 0.272 e. The average Bonchev–Trinajstić information content (AvgIpc) is 3.09. The summed E-state index contributed by atoms with van der Waals surface area (Å²) in [6.45, 7) is 3.08. The molecule has 0 radical (unpaired) electrons. The summed E-state index contributed by atoms with van der Waals surface area (Å²) in [5, 5.41) is 8.07. The lowest BCUT2D eigenvalue weighted by Crippen LogP contribution is -2.27. The molecule has 0 aliphatic heterocycles. The molecule has 6 heteroatoms. The molecule has 0 saturated heterocycles. The normalized spacial score (nSPS) is 10.8. The Balaban J connectivity index is 1.76. The molecular weight excluding hydrogens is 304 g/mol. The molecule has 0 fully saturated rings. The van der Waals surface area contributed by atoms with Gasteiger partial charge in [-0.3, -0.25) is 9.89 Å². The zero-order valence-corrected chi connectivity index (χ0v) is 13.8. The molecule has 3 aromatic rings. The monoisotopic (exact) mass is 324 g/mol. The van der Waals surface area contributed by atoms with Crippen LogP contribution in [-0.2, 0) is 6.54 Å². The molecule has 24 heavy (non-hydrogen) atoms. The summed E-state index contributed by atoms with van der Waals surface area (Å²) in [5.74, 6) is 0.334. The number of carbonyl (C=O) groups is 1. The quantitative estimate of drug-likeness (QED) is 0.756. The van der Waals surface area contributed by atoms with Crippen molar-refractivity contribution in [2.75, 3.05) is 13.7 Å². The highest BCUT2D eigenvalue weighted by Crippen LogP contribution is 2.18. The zero-order chi connectivity index (χ0) is 16.9. The van der Waals surface area contributed by atoms with Crippen LogP contribution >= 0.6 is 0 Å². The number of para-hydroxylation sites is 1. The van der Waals surface area contributed by atoms with Gasteiger partial charge in [-0.05, 0) is 18.1 Å². The van der Waals surface area contributed by atoms with Crippen LogP contribution < -0.4 is 4.74 Å². The van der Waals surface area contributed by atoms with Gasteiger partial charge in [0.2, 0.25) is 5.88 Å². The van der Waals surface area contributed by atoms with Gasteiger partial charge in [-0.2, -0.15) is 5.10 Å². The molecule has 6 nitrogen and oxygen atoms in total. The second-order valence-corrected chi connectivity index (χ2v) is 5.62. The summed E-state index contributed by atoms with van der Waals surface area (Å²) in [4.78, 5) is 18.6. The van der Waals surface area contributed by atoms with E-state index in [4.69, 9.17) is 4.74 Å². The number of pyridine rings is 1. The second kappa shape index (κ2) is 7.12. The van der Waals surface area contributed by atoms with E-state index in [1.807, 2.05) is 25.1 Å². The number of nitrogens with one attached hydrogen (secondary N) is 1. The minimum absolute atomic E-state index is 0.145. The van der Waals surface area contributed by atoms with Crippen LogP contribution in [0, 0.1) is 0 Å². The number of H-pyrrole nitrogens is 1. The Kier molecular flexibility index (Phi) is 4.74. The van der Waals surface area contributed by atoms with E-state index in [9.17, 15) is 4.79 Å². The maximum atomic E-state index is 12.6. The van der Waals surface area contributed by atoms with Crippen molar-refractivity contribution in [2.24, 2.45) is 0 Å². The zero-order valence-electron chi connectivity index (χ0n) is 13.8. The van der Waals surface area contributed by atoms with Crippen LogP contribution in [-0.4, -0.2) is 39.6 Å². The van der Waals surface area contributed by atoms with Gasteiger partial charge in [-0.15, -0.1) is 0 Å². The van der Waals surface area contributed by atoms with Gasteiger partial charge in [-0.1, -0.05) is 31.2 Å². The van der Waals surface area contributed by atoms with Gasteiger partial charge in [0, 0.05) is 25.0 Å². The van der Waals surface area contributed by atoms with Crippen molar-refractivity contribution in [2.45, 2.75) is 19.9 Å². The third kappa shape index (κ3) is 3.37. The number of carbonyl (C=O) groups excluding carboxylic acids is 1. The van der Waals surface area contributed by atoms with E-state index >= 15 is 0 Å². The summed E-state index contributed by atoms with van der Waals surface area (Å²) in [5.41, 5.74) is 2.34. The van der Waals surface area contributed by atoms with Crippen LogP contribution in [0.25, 0.3) is 10.9 Å². The number of aromatic amines is 1. The van der Waals surface area contributed by atoms with E-state index < -0.39 is 0 Å². The third-order valence-corrected chi connectivity index (χ3v) is 3.71. The summed E-state index contributed by atoms with van der Waals surface area (Å²) in [7, 11) is 1.76. The number of hydrogen-bond donors (Lipinski definition) is 1. The van der Waals surface area contributed by atoms with Crippen molar-refractivity contribution in [3.63, 3.8) is 0 Å². The van der Waals surface area contributed by atoms with E-state index in [-0.39, 0.29) is 5.91 Å². The fourth-order valence-corrected chi connectivity index (χ4v) is 2.51. The standard InChI is InChI=1S/C18H20N4O2/c1-3-10-24-16-9-5-8-15(20-16)18(23)22(2)12-14-7-4-6-13-11-19-21-17(13)14/h4-9,11H,3,10,12H2,1-2H3,(H,19,21). The number of amides is 1. The predicted molar refractivity (Wildman–Crippen MR) is 91.9 cm³/mol. The molecule has 0 unspecified atom stereocenters. The van der Waals surface area contributed by atoms with Gasteiger partial charge in [-0.25, -0.2) is 4.98 Å². The van der Waals surface area contributed by atoms with Crippen LogP contribution in [0.5, 0.6) is 5.88 Å². The first-order valence-electron chi connectivity index (χ1n) is 7.95. The molecule has 3 rings (SSSR count). The largest absolute Gasteiger partial charge is 0.478 e. The first-order valence-corrected chi connectivity index (χ1v) is 7.95. The molecule has 1 amide bonds. The van der Waals surface area contributed by atoms with Crippen LogP contribution in [0.4, 0.5) is 0 Å². The van der Waals surface area contributed by atoms with Crippen molar-refractivity contribution >= 4 is 16.8 Å². The highest BCUT2D eigenvalue weighted by Gasteiger charge is 2.15. The van der Waals surface area contributed by atoms with E-state index in [1.165, 1.54) is 0 Å². The Labute approximate surface area is 140 Å². The fourth-order valence-electron chi connectivity index (χ4n) is 2.51. The number of rotatable bonds is 6. The SMILES string of the molecule is CCCOc1cccc(C(=O)N(C)Cc2cccc3cn[nH]c23)n1. The van der Waals surface area contributed by atoms with Gasteiger partial charge < -0.3 is 9.64 Å². The second-order valence-electron chi connectivity index (χ2n) is 5.62. The number of hydrogen-bond acceptors (Lipinski definition) is 4. The van der Waals surface area contributed by atoms with Crippen molar-refractivity contribution in [3.05, 3.63) is 53.9 Å². The van der Waals surface area contributed by atoms with Gasteiger partial charge in [0.15, 0.2) is 0 Å². The third-order valence-electron chi connectivity index (χ3n) is 3.71. The summed E-state index contributed by atoms with van der Waals surface area (Å²) in [6.07, 6.45) is 2.67. The predicted octanol–water partition coefficient (Wildman–Crippen LogP) is 3.02. The van der Waals surface area contributed by atoms with Crippen LogP contribution in [0.3, 0.4) is 0 Å². The van der Waals surface area contributed by atoms with E-state index in [1.54, 1.807) is 36.3 Å². The van der Waals surface area contributed by atoms with Crippen molar-refractivity contribution < 1.29 is 9.53 Å². The number of ether oxygens (including phenoxy) is 1. The van der Waals surface area contributed by atoms with Crippen molar-refractivity contribution in [1.82, 2.24) is 20.1 Å². The average molecular weight is 324 g/mol. The summed E-state index contributed by atoms with van der Waals surface area (Å²) in [6, 6.07) is 11.2. The summed E-state index contributed by atoms with van der Waals surface area (Å²) < 4.78 is 5.50. The molecule has 0 aliphatic carbocycles. The molecule has 2 aromatic heterocycles. The molecule has 0 spiro atoms. The first kappa shape index (κ1) is 16.0. The Morgan fingerprint density at radius 2 is 2.08 bits per heavy atom. The lowest BCUT2D eigenvalue weighted by atomic mass is 10.1. The lowest BCUT2D eigenvalue weighted by Gasteiger charge is -2.17. The molecule has 2 heterocycles. The van der Waals surface area contributed by atoms with Gasteiger partial charge >= 0.3 is 0 Å². The van der Waals surface area contributed by atoms with Crippen molar-refractivity contribution in [3.8, 4) is 5.88 Å². The van der Waals surface area contributed by atoms with Gasteiger partial charge in [0.05, 0.1) is 18.3 Å². The Bertz CT molecular complexity index is 844. The Morgan fingerprint density at radius 1 is 1.25 bits per heavy atom. The van der Waals surface area contributed by atoms with Crippen LogP contribution in [0.2, 0.25) is 0 Å². The highest BCUT2D eigenvalue weighted by atomic mass is 16.5. The molecule has 0 bridgehead atoms. The topological polar surface area (TPSA) is 71.1 Å². The number of benzene rings is 1. The van der Waals surface area contributed by atoms with Crippen LogP contribution in [0.15, 0.2) is 42.6 Å². The van der Waals surface area contributed by atoms with Gasteiger partial charge in [0.25, 0.3) is 5.91 Å². The van der Waals surface area contributed by atoms with Gasteiger partial charge in [0.1, 0.15) is 5.69 Å². The maximum absolute atomic E-state index is 12.6. The number of aromatic nitrogens is 3. The molecular formula is C18H20N4O2. The Hall–Kier alpha value is -2.89. The summed E-state index contributed by atoms with van der Waals surface area (Å²) >= 11 is 0. The minimum Gasteiger partial charge on any atom is -0.478 e. The molecule has 1 N–H and O–H groups in total. The van der Waals surface area contributed by atoms with Crippen LogP contribution in [0.1, 0.15) is 29.4 Å². The van der Waals surface area contributed by atoms with E-state index in [0.29, 0.717) is 24.7 Å². The van der Waals surface area contributed by atoms with E-state index in [0.717, 1.165) is 22.9 Å². The maximum Gasteiger partial charge on any atom is 0.272 e. The fraction of sp³-hybridized carbons (Fsp3) is 0.278. The van der Waals surface area contributed by atoms with Crippen molar-refractivity contribution in [1.29, 1.82) is 0 Å². The molecule has 0 atom stereocenters. The minimum atomic E-state index is -0.145. The number of fused-ring (bicyclic) bond motifs is 1. The first-order chi connectivity index (χ1) is 11.7. The van der Waals surface area contributed by atoms with E-state index in [2.05, 4.69) is 15.2 Å².